The van der Waals surface area contributed by atoms with Crippen molar-refractivity contribution in [2.45, 2.75) is 51.9 Å². The summed E-state index contributed by atoms with van der Waals surface area (Å²) in [6.45, 7) is 5.98. The molecule has 0 spiro atoms. The highest BCUT2D eigenvalue weighted by Gasteiger charge is 2.32. The number of nitrogens with one attached hydrogen (secondary N) is 1. The molecule has 1 aliphatic rings. The van der Waals surface area contributed by atoms with E-state index in [-0.39, 0.29) is 55.3 Å². The molecule has 10 heteroatoms. The summed E-state index contributed by atoms with van der Waals surface area (Å²) in [6.07, 6.45) is -5.25. The largest absolute Gasteiger partial charge is 0.491 e. The fourth-order valence-electron chi connectivity index (χ4n) is 3.76. The number of rotatable bonds is 5. The van der Waals surface area contributed by atoms with E-state index in [0.29, 0.717) is 24.2 Å². The standard InChI is InChI=1S/C23H34F3N3O4/c1-6-21(30)27-17-7-8-18-19(11-17)33-14-16(3)29(10-9-23(24,25)26)12-15(2)20(32-5)13-28(4)22(18)31/h7-8,11,15-16,20H,6,9-10,12-14H2,1-5H3,(H,27,30)/t15-,16+,20-/m0/s1. The molecule has 1 aromatic carbocycles. The minimum atomic E-state index is -4.26. The molecule has 7 nitrogen and oxygen atoms in total. The zero-order valence-corrected chi connectivity index (χ0v) is 19.9. The summed E-state index contributed by atoms with van der Waals surface area (Å²) in [4.78, 5) is 28.2. The topological polar surface area (TPSA) is 71.1 Å². The monoisotopic (exact) mass is 473 g/mol. The summed E-state index contributed by atoms with van der Waals surface area (Å²) in [5.41, 5.74) is 0.789. The van der Waals surface area contributed by atoms with Gasteiger partial charge in [0.1, 0.15) is 12.4 Å². The molecule has 1 aliphatic heterocycles. The van der Waals surface area contributed by atoms with E-state index < -0.39 is 12.6 Å². The normalized spacial score (nSPS) is 23.2. The quantitative estimate of drug-likeness (QED) is 0.705. The number of nitrogens with zero attached hydrogens (tertiary/aromatic N) is 2. The Morgan fingerprint density at radius 3 is 2.58 bits per heavy atom. The highest BCUT2D eigenvalue weighted by atomic mass is 19.4. The maximum Gasteiger partial charge on any atom is 0.390 e. The van der Waals surface area contributed by atoms with Gasteiger partial charge < -0.3 is 19.7 Å². The van der Waals surface area contributed by atoms with E-state index in [9.17, 15) is 22.8 Å². The lowest BCUT2D eigenvalue weighted by Gasteiger charge is -2.36. The summed E-state index contributed by atoms with van der Waals surface area (Å²) in [6, 6.07) is 4.44. The molecule has 0 radical (unpaired) electrons. The van der Waals surface area contributed by atoms with Gasteiger partial charge in [0.15, 0.2) is 0 Å². The Morgan fingerprint density at radius 1 is 1.27 bits per heavy atom. The van der Waals surface area contributed by atoms with E-state index >= 15 is 0 Å². The van der Waals surface area contributed by atoms with E-state index in [1.54, 1.807) is 44.0 Å². The van der Waals surface area contributed by atoms with Crippen LogP contribution in [0.3, 0.4) is 0 Å². The summed E-state index contributed by atoms with van der Waals surface area (Å²) in [7, 11) is 3.18. The number of fused-ring (bicyclic) bond motifs is 1. The Labute approximate surface area is 193 Å². The number of anilines is 1. The summed E-state index contributed by atoms with van der Waals surface area (Å²) in [5, 5.41) is 2.73. The van der Waals surface area contributed by atoms with Crippen LogP contribution < -0.4 is 10.1 Å². The smallest absolute Gasteiger partial charge is 0.390 e. The number of carbonyl (C=O) groups excluding carboxylic acids is 2. The van der Waals surface area contributed by atoms with Crippen LogP contribution in [-0.4, -0.2) is 80.3 Å². The average molecular weight is 474 g/mol. The zero-order valence-electron chi connectivity index (χ0n) is 19.9. The average Bonchev–Trinajstić information content (AvgIpc) is 2.76. The number of hydrogen-bond donors (Lipinski definition) is 1. The summed E-state index contributed by atoms with van der Waals surface area (Å²) in [5.74, 6) is -0.303. The molecule has 0 aromatic heterocycles. The van der Waals surface area contributed by atoms with Gasteiger partial charge in [-0.3, -0.25) is 14.5 Å². The number of halogens is 3. The number of amides is 2. The minimum Gasteiger partial charge on any atom is -0.491 e. The van der Waals surface area contributed by atoms with E-state index in [4.69, 9.17) is 9.47 Å². The van der Waals surface area contributed by atoms with Crippen LogP contribution in [0.5, 0.6) is 5.75 Å². The van der Waals surface area contributed by atoms with Gasteiger partial charge in [-0.2, -0.15) is 13.2 Å². The lowest BCUT2D eigenvalue weighted by molar-refractivity contribution is -0.140. The Bertz CT molecular complexity index is 819. The Balaban J connectivity index is 2.39. The Morgan fingerprint density at radius 2 is 1.97 bits per heavy atom. The zero-order chi connectivity index (χ0) is 24.8. The van der Waals surface area contributed by atoms with Crippen molar-refractivity contribution in [1.82, 2.24) is 9.80 Å². The molecule has 0 saturated heterocycles. The third kappa shape index (κ3) is 7.89. The van der Waals surface area contributed by atoms with Crippen molar-refractivity contribution >= 4 is 17.5 Å². The molecule has 2 amide bonds. The van der Waals surface area contributed by atoms with Gasteiger partial charge in [-0.05, 0) is 25.0 Å². The lowest BCUT2D eigenvalue weighted by atomic mass is 10.0. The second kappa shape index (κ2) is 11.7. The van der Waals surface area contributed by atoms with Crippen molar-refractivity contribution in [3.63, 3.8) is 0 Å². The van der Waals surface area contributed by atoms with Crippen molar-refractivity contribution in [2.24, 2.45) is 5.92 Å². The highest BCUT2D eigenvalue weighted by molar-refractivity contribution is 5.98. The van der Waals surface area contributed by atoms with Gasteiger partial charge in [0, 0.05) is 58.0 Å². The third-order valence-electron chi connectivity index (χ3n) is 5.86. The van der Waals surface area contributed by atoms with Crippen LogP contribution in [0.2, 0.25) is 0 Å². The molecule has 0 fully saturated rings. The van der Waals surface area contributed by atoms with Gasteiger partial charge >= 0.3 is 6.18 Å². The molecule has 33 heavy (non-hydrogen) atoms. The highest BCUT2D eigenvalue weighted by Crippen LogP contribution is 2.27. The van der Waals surface area contributed by atoms with Gasteiger partial charge in [-0.15, -0.1) is 0 Å². The lowest BCUT2D eigenvalue weighted by Crippen LogP contribution is -2.47. The molecule has 0 bridgehead atoms. The number of likely N-dealkylation sites (N-methyl/N-ethyl adjacent to an activating group) is 1. The molecule has 2 rings (SSSR count). The van der Waals surface area contributed by atoms with Crippen LogP contribution in [0.15, 0.2) is 18.2 Å². The van der Waals surface area contributed by atoms with E-state index in [1.165, 1.54) is 12.0 Å². The van der Waals surface area contributed by atoms with Crippen LogP contribution in [-0.2, 0) is 9.53 Å². The van der Waals surface area contributed by atoms with Crippen molar-refractivity contribution < 1.29 is 32.2 Å². The molecule has 0 aliphatic carbocycles. The van der Waals surface area contributed by atoms with E-state index in [2.05, 4.69) is 5.32 Å². The second-order valence-corrected chi connectivity index (χ2v) is 8.57. The molecule has 0 unspecified atom stereocenters. The van der Waals surface area contributed by atoms with E-state index in [1.807, 2.05) is 6.92 Å². The molecule has 3 atom stereocenters. The van der Waals surface area contributed by atoms with Crippen LogP contribution >= 0.6 is 0 Å². The third-order valence-corrected chi connectivity index (χ3v) is 5.86. The number of benzene rings is 1. The van der Waals surface area contributed by atoms with Crippen LogP contribution in [0.1, 0.15) is 44.0 Å². The number of ether oxygens (including phenoxy) is 2. The van der Waals surface area contributed by atoms with Gasteiger partial charge in [-0.1, -0.05) is 13.8 Å². The number of methoxy groups -OCH3 is 1. The minimum absolute atomic E-state index is 0.0808. The first-order chi connectivity index (χ1) is 15.4. The first-order valence-corrected chi connectivity index (χ1v) is 11.1. The first kappa shape index (κ1) is 26.9. The number of alkyl halides is 3. The SMILES string of the molecule is CCC(=O)Nc1ccc2c(c1)OC[C@@H](C)N(CCC(F)(F)F)C[C@H](C)[C@@H](OC)CN(C)C2=O. The van der Waals surface area contributed by atoms with Gasteiger partial charge in [0.2, 0.25) is 5.91 Å². The predicted molar refractivity (Wildman–Crippen MR) is 119 cm³/mol. The molecule has 1 aromatic rings. The fraction of sp³-hybridized carbons (Fsp3) is 0.652. The van der Waals surface area contributed by atoms with E-state index in [0.717, 1.165) is 0 Å². The first-order valence-electron chi connectivity index (χ1n) is 11.1. The van der Waals surface area contributed by atoms with Gasteiger partial charge in [0.05, 0.1) is 18.1 Å². The van der Waals surface area contributed by atoms with Crippen LogP contribution in [0, 0.1) is 5.92 Å². The second-order valence-electron chi connectivity index (χ2n) is 8.57. The van der Waals surface area contributed by atoms with Crippen molar-refractivity contribution in [3.05, 3.63) is 23.8 Å². The molecule has 1 heterocycles. The Hall–Kier alpha value is -2.33. The molecular formula is C23H34F3N3O4. The predicted octanol–water partition coefficient (Wildman–Crippen LogP) is 3.79. The van der Waals surface area contributed by atoms with Crippen molar-refractivity contribution in [2.75, 3.05) is 45.7 Å². The van der Waals surface area contributed by atoms with Gasteiger partial charge in [0.25, 0.3) is 5.91 Å². The summed E-state index contributed by atoms with van der Waals surface area (Å²) >= 11 is 0. The fourth-order valence-corrected chi connectivity index (χ4v) is 3.76. The summed E-state index contributed by atoms with van der Waals surface area (Å²) < 4.78 is 50.3. The Kier molecular flexibility index (Phi) is 9.54. The van der Waals surface area contributed by atoms with Crippen molar-refractivity contribution in [1.29, 1.82) is 0 Å². The molecule has 1 N–H and O–H groups in total. The number of hydrogen-bond acceptors (Lipinski definition) is 5. The molecule has 186 valence electrons. The number of carbonyl (C=O) groups is 2. The van der Waals surface area contributed by atoms with Crippen molar-refractivity contribution in [3.8, 4) is 5.75 Å². The van der Waals surface area contributed by atoms with Crippen LogP contribution in [0.25, 0.3) is 0 Å². The molecule has 0 saturated carbocycles. The maximum absolute atomic E-state index is 13.1. The van der Waals surface area contributed by atoms with Crippen LogP contribution in [0.4, 0.5) is 18.9 Å². The van der Waals surface area contributed by atoms with Gasteiger partial charge in [-0.25, -0.2) is 0 Å². The molecular weight excluding hydrogens is 439 g/mol. The maximum atomic E-state index is 13.1.